The molecule has 2 N–H and O–H groups in total. The molecule has 0 bridgehead atoms. The van der Waals surface area contributed by atoms with Gasteiger partial charge in [0.15, 0.2) is 0 Å². The summed E-state index contributed by atoms with van der Waals surface area (Å²) < 4.78 is 2.17. The Bertz CT molecular complexity index is 529. The molecule has 0 saturated carbocycles. The van der Waals surface area contributed by atoms with Crippen LogP contribution in [0.5, 0.6) is 0 Å². The Morgan fingerprint density at radius 1 is 1.30 bits per heavy atom. The molecule has 0 radical (unpaired) electrons. The fourth-order valence-corrected chi connectivity index (χ4v) is 2.04. The van der Waals surface area contributed by atoms with Gasteiger partial charge in [0.2, 0.25) is 0 Å². The van der Waals surface area contributed by atoms with E-state index in [0.29, 0.717) is 11.9 Å². The summed E-state index contributed by atoms with van der Waals surface area (Å²) in [5, 5.41) is 0. The summed E-state index contributed by atoms with van der Waals surface area (Å²) in [6, 6.07) is 4.38. The van der Waals surface area contributed by atoms with Crippen molar-refractivity contribution in [2.45, 2.75) is 32.9 Å². The van der Waals surface area contributed by atoms with E-state index in [-0.39, 0.29) is 0 Å². The maximum absolute atomic E-state index is 5.62. The van der Waals surface area contributed by atoms with Gasteiger partial charge in [-0.3, -0.25) is 0 Å². The average molecular weight is 273 g/mol. The van der Waals surface area contributed by atoms with Gasteiger partial charge in [0.25, 0.3) is 0 Å². The molecule has 2 heterocycles. The number of nitrogens with two attached hydrogens (primary N) is 1. The van der Waals surface area contributed by atoms with Gasteiger partial charge in [-0.25, -0.2) is 9.97 Å². The first-order chi connectivity index (χ1) is 9.58. The number of aromatic nitrogens is 3. The van der Waals surface area contributed by atoms with Crippen LogP contribution in [0.2, 0.25) is 0 Å². The molecule has 0 aliphatic carbocycles. The zero-order valence-corrected chi connectivity index (χ0v) is 12.5. The van der Waals surface area contributed by atoms with E-state index < -0.39 is 0 Å². The molecule has 0 aliphatic heterocycles. The van der Waals surface area contributed by atoms with Crippen molar-refractivity contribution < 1.29 is 0 Å². The quantitative estimate of drug-likeness (QED) is 0.877. The summed E-state index contributed by atoms with van der Waals surface area (Å²) in [4.78, 5) is 10.7. The maximum atomic E-state index is 5.62. The Morgan fingerprint density at radius 2 is 2.10 bits per heavy atom. The minimum Gasteiger partial charge on any atom is -0.384 e. The van der Waals surface area contributed by atoms with Gasteiger partial charge in [0.05, 0.1) is 18.2 Å². The third-order valence-electron chi connectivity index (χ3n) is 3.59. The highest BCUT2D eigenvalue weighted by Gasteiger charge is 2.07. The zero-order valence-electron chi connectivity index (χ0n) is 12.5. The number of anilines is 1. The summed E-state index contributed by atoms with van der Waals surface area (Å²) >= 11 is 0. The smallest absolute Gasteiger partial charge is 0.123 e. The molecule has 2 aromatic heterocycles. The molecule has 0 atom stereocenters. The van der Waals surface area contributed by atoms with Gasteiger partial charge in [0.1, 0.15) is 5.82 Å². The Hall–Kier alpha value is -1.88. The van der Waals surface area contributed by atoms with Crippen molar-refractivity contribution in [3.63, 3.8) is 0 Å². The van der Waals surface area contributed by atoms with E-state index in [1.54, 1.807) is 6.20 Å². The number of pyridine rings is 1. The average Bonchev–Trinajstić information content (AvgIpc) is 2.88. The number of aryl methyl sites for hydroxylation is 1. The Labute approximate surface area is 120 Å². The van der Waals surface area contributed by atoms with E-state index in [4.69, 9.17) is 5.73 Å². The molecular formula is C15H23N5. The first-order valence-corrected chi connectivity index (χ1v) is 7.00. The summed E-state index contributed by atoms with van der Waals surface area (Å²) in [6.07, 6.45) is 6.64. The highest BCUT2D eigenvalue weighted by Crippen LogP contribution is 2.19. The Kier molecular flexibility index (Phi) is 4.74. The second kappa shape index (κ2) is 6.52. The van der Waals surface area contributed by atoms with Crippen LogP contribution in [0.25, 0.3) is 11.3 Å². The number of imidazole rings is 1. The second-order valence-corrected chi connectivity index (χ2v) is 5.37. The molecule has 0 unspecified atom stereocenters. The lowest BCUT2D eigenvalue weighted by Gasteiger charge is -2.21. The highest BCUT2D eigenvalue weighted by atomic mass is 15.1. The summed E-state index contributed by atoms with van der Waals surface area (Å²) in [5.41, 5.74) is 7.76. The molecule has 0 aliphatic rings. The van der Waals surface area contributed by atoms with Gasteiger partial charge >= 0.3 is 0 Å². The number of rotatable bonds is 6. The van der Waals surface area contributed by atoms with Crippen LogP contribution in [0.1, 0.15) is 20.3 Å². The molecule has 2 aromatic rings. The molecule has 5 heteroatoms. The van der Waals surface area contributed by atoms with Crippen LogP contribution in [0.15, 0.2) is 30.9 Å². The predicted octanol–water partition coefficient (Wildman–Crippen LogP) is 2.26. The predicted molar refractivity (Wildman–Crippen MR) is 82.3 cm³/mol. The highest BCUT2D eigenvalue weighted by molar-refractivity contribution is 5.59. The summed E-state index contributed by atoms with van der Waals surface area (Å²) in [5.74, 6) is 0.540. The molecule has 0 amide bonds. The molecular weight excluding hydrogens is 250 g/mol. The molecule has 20 heavy (non-hydrogen) atoms. The number of hydrogen-bond donors (Lipinski definition) is 1. The molecule has 108 valence electrons. The fraction of sp³-hybridized carbons (Fsp3) is 0.467. The number of nitrogen functional groups attached to an aromatic ring is 1. The SMILES string of the molecule is CC(C)N(C)CCCn1cncc1-c1ccc(N)nc1. The van der Waals surface area contributed by atoms with Crippen LogP contribution in [-0.2, 0) is 6.54 Å². The fourth-order valence-electron chi connectivity index (χ4n) is 2.04. The summed E-state index contributed by atoms with van der Waals surface area (Å²) in [7, 11) is 2.16. The largest absolute Gasteiger partial charge is 0.384 e. The third-order valence-corrected chi connectivity index (χ3v) is 3.59. The van der Waals surface area contributed by atoms with Gasteiger partial charge in [-0.15, -0.1) is 0 Å². The molecule has 0 saturated heterocycles. The van der Waals surface area contributed by atoms with Crippen LogP contribution >= 0.6 is 0 Å². The minimum absolute atomic E-state index is 0.540. The van der Waals surface area contributed by atoms with Crippen LogP contribution in [0, 0.1) is 0 Å². The van der Waals surface area contributed by atoms with Crippen LogP contribution in [0.4, 0.5) is 5.82 Å². The Balaban J connectivity index is 2.00. The standard InChI is InChI=1S/C15H23N5/c1-12(2)19(3)7-4-8-20-11-17-10-14(20)13-5-6-15(16)18-9-13/h5-6,9-12H,4,7-8H2,1-3H3,(H2,16,18). The normalized spacial score (nSPS) is 11.4. The third kappa shape index (κ3) is 3.57. The molecule has 2 rings (SSSR count). The van der Waals surface area contributed by atoms with Gasteiger partial charge in [-0.1, -0.05) is 0 Å². The van der Waals surface area contributed by atoms with Gasteiger partial charge < -0.3 is 15.2 Å². The van der Waals surface area contributed by atoms with Crippen molar-refractivity contribution in [1.29, 1.82) is 0 Å². The van der Waals surface area contributed by atoms with Crippen LogP contribution in [-0.4, -0.2) is 39.1 Å². The van der Waals surface area contributed by atoms with Crippen LogP contribution in [0.3, 0.4) is 0 Å². The van der Waals surface area contributed by atoms with Crippen molar-refractivity contribution in [2.24, 2.45) is 0 Å². The number of hydrogen-bond acceptors (Lipinski definition) is 4. The maximum Gasteiger partial charge on any atom is 0.123 e. The van der Waals surface area contributed by atoms with Crippen molar-refractivity contribution >= 4 is 5.82 Å². The first kappa shape index (κ1) is 14.5. The lowest BCUT2D eigenvalue weighted by atomic mass is 10.2. The molecule has 0 fully saturated rings. The van der Waals surface area contributed by atoms with Crippen LogP contribution < -0.4 is 5.73 Å². The Morgan fingerprint density at radius 3 is 2.75 bits per heavy atom. The minimum atomic E-state index is 0.540. The van der Waals surface area contributed by atoms with E-state index >= 15 is 0 Å². The van der Waals surface area contributed by atoms with E-state index in [2.05, 4.69) is 40.3 Å². The molecule has 0 aromatic carbocycles. The van der Waals surface area contributed by atoms with Gasteiger partial charge in [-0.2, -0.15) is 0 Å². The van der Waals surface area contributed by atoms with Crippen molar-refractivity contribution in [3.05, 3.63) is 30.9 Å². The lowest BCUT2D eigenvalue weighted by Crippen LogP contribution is -2.27. The first-order valence-electron chi connectivity index (χ1n) is 7.00. The van der Waals surface area contributed by atoms with Crippen molar-refractivity contribution in [2.75, 3.05) is 19.3 Å². The molecule has 0 spiro atoms. The second-order valence-electron chi connectivity index (χ2n) is 5.37. The lowest BCUT2D eigenvalue weighted by molar-refractivity contribution is 0.265. The van der Waals surface area contributed by atoms with E-state index in [1.165, 1.54) is 0 Å². The summed E-state index contributed by atoms with van der Waals surface area (Å²) in [6.45, 7) is 6.46. The van der Waals surface area contributed by atoms with E-state index in [9.17, 15) is 0 Å². The molecule has 5 nitrogen and oxygen atoms in total. The van der Waals surface area contributed by atoms with Crippen molar-refractivity contribution in [1.82, 2.24) is 19.4 Å². The van der Waals surface area contributed by atoms with Gasteiger partial charge in [-0.05, 0) is 46.0 Å². The zero-order chi connectivity index (χ0) is 14.5. The van der Waals surface area contributed by atoms with Crippen molar-refractivity contribution in [3.8, 4) is 11.3 Å². The number of nitrogens with zero attached hydrogens (tertiary/aromatic N) is 4. The monoisotopic (exact) mass is 273 g/mol. The van der Waals surface area contributed by atoms with E-state index in [0.717, 1.165) is 30.8 Å². The van der Waals surface area contributed by atoms with Gasteiger partial charge in [0, 0.05) is 24.3 Å². The van der Waals surface area contributed by atoms with E-state index in [1.807, 2.05) is 24.7 Å². The topological polar surface area (TPSA) is 60.0 Å².